The molecule has 16 heteroatoms. The molecule has 236 valence electrons. The number of carbonyl (C=O) groups is 1. The number of hydrogen-bond acceptors (Lipinski definition) is 5. The normalized spacial score (nSPS) is 18.5. The van der Waals surface area contributed by atoms with E-state index < -0.39 is 63.6 Å². The smallest absolute Gasteiger partial charge is 0.400 e. The standard InChI is InChI=1S/C26H31F8N3O4S/c1-4-37-22(14(2)21(36-37)23(38)35-13-15-5-8-17(9-6-15)42(3,39)40)18-10-7-16(11-19(18)41-24(27)28)12-20(25(29,30)31)26(32,33)34/h7,10-11,15,17,20,24H,4-6,8-9,12-13H2,1-3H3,(H,35,38). The van der Waals surface area contributed by atoms with Gasteiger partial charge in [-0.2, -0.15) is 40.2 Å². The molecule has 3 rings (SSSR count). The molecule has 1 fully saturated rings. The Labute approximate surface area is 237 Å². The average molecular weight is 634 g/mol. The van der Waals surface area contributed by atoms with Gasteiger partial charge in [0.25, 0.3) is 5.91 Å². The molecule has 1 aliphatic rings. The number of nitrogens with zero attached hydrogens (tertiary/aromatic N) is 2. The topological polar surface area (TPSA) is 90.3 Å². The van der Waals surface area contributed by atoms with Crippen LogP contribution < -0.4 is 10.1 Å². The molecule has 7 nitrogen and oxygen atoms in total. The second-order valence-corrected chi connectivity index (χ2v) is 12.7. The maximum absolute atomic E-state index is 13.3. The highest BCUT2D eigenvalue weighted by atomic mass is 32.2. The lowest BCUT2D eigenvalue weighted by Crippen LogP contribution is -2.38. The van der Waals surface area contributed by atoms with Crippen LogP contribution in [0.3, 0.4) is 0 Å². The molecular weight excluding hydrogens is 602 g/mol. The Morgan fingerprint density at radius 2 is 1.69 bits per heavy atom. The van der Waals surface area contributed by atoms with Crippen LogP contribution in [0.5, 0.6) is 5.75 Å². The molecule has 1 aromatic heterocycles. The van der Waals surface area contributed by atoms with Crippen LogP contribution in [0.15, 0.2) is 18.2 Å². The van der Waals surface area contributed by atoms with Gasteiger partial charge in [-0.3, -0.25) is 9.48 Å². The summed E-state index contributed by atoms with van der Waals surface area (Å²) in [5.41, 5.74) is -0.331. The monoisotopic (exact) mass is 633 g/mol. The first-order valence-corrected chi connectivity index (χ1v) is 15.0. The van der Waals surface area contributed by atoms with Gasteiger partial charge in [-0.25, -0.2) is 8.42 Å². The Hall–Kier alpha value is -2.91. The van der Waals surface area contributed by atoms with Crippen molar-refractivity contribution in [2.75, 3.05) is 12.8 Å². The Morgan fingerprint density at radius 1 is 1.10 bits per heavy atom. The van der Waals surface area contributed by atoms with E-state index >= 15 is 0 Å². The highest BCUT2D eigenvalue weighted by molar-refractivity contribution is 7.91. The van der Waals surface area contributed by atoms with E-state index in [1.165, 1.54) is 17.9 Å². The van der Waals surface area contributed by atoms with Gasteiger partial charge >= 0.3 is 19.0 Å². The summed E-state index contributed by atoms with van der Waals surface area (Å²) >= 11 is 0. The molecule has 1 aromatic carbocycles. The van der Waals surface area contributed by atoms with Gasteiger partial charge in [0.15, 0.2) is 11.6 Å². The molecule has 1 aliphatic carbocycles. The lowest BCUT2D eigenvalue weighted by Gasteiger charge is -2.27. The second kappa shape index (κ2) is 12.8. The molecule has 2 aromatic rings. The highest BCUT2D eigenvalue weighted by Crippen LogP contribution is 2.43. The third kappa shape index (κ3) is 8.13. The van der Waals surface area contributed by atoms with Crippen LogP contribution >= 0.6 is 0 Å². The van der Waals surface area contributed by atoms with Crippen LogP contribution in [0.2, 0.25) is 0 Å². The molecule has 0 unspecified atom stereocenters. The van der Waals surface area contributed by atoms with Gasteiger partial charge in [0.2, 0.25) is 0 Å². The number of benzene rings is 1. The third-order valence-electron chi connectivity index (χ3n) is 7.40. The number of aryl methyl sites for hydroxylation is 1. The summed E-state index contributed by atoms with van der Waals surface area (Å²) in [5.74, 6) is -4.93. The Bertz CT molecular complexity index is 1350. The van der Waals surface area contributed by atoms with Crippen LogP contribution in [-0.4, -0.2) is 61.1 Å². The third-order valence-corrected chi connectivity index (χ3v) is 9.08. The van der Waals surface area contributed by atoms with Crippen LogP contribution in [0.25, 0.3) is 11.3 Å². The first kappa shape index (κ1) is 33.6. The van der Waals surface area contributed by atoms with Crippen molar-refractivity contribution in [3.8, 4) is 17.0 Å². The van der Waals surface area contributed by atoms with Crippen molar-refractivity contribution >= 4 is 15.7 Å². The minimum Gasteiger partial charge on any atom is -0.434 e. The number of sulfone groups is 1. The zero-order valence-corrected chi connectivity index (χ0v) is 23.8. The number of amides is 1. The summed E-state index contributed by atoms with van der Waals surface area (Å²) in [7, 11) is -3.15. The SMILES string of the molecule is CCn1nc(C(=O)NCC2CCC(S(C)(=O)=O)CC2)c(C)c1-c1ccc(CC(C(F)(F)F)C(F)(F)F)cc1OC(F)F. The zero-order valence-electron chi connectivity index (χ0n) is 23.0. The van der Waals surface area contributed by atoms with Gasteiger partial charge < -0.3 is 10.1 Å². The summed E-state index contributed by atoms with van der Waals surface area (Å²) in [5, 5.41) is 6.59. The van der Waals surface area contributed by atoms with E-state index in [1.807, 2.05) is 0 Å². The number of ether oxygens (including phenoxy) is 1. The number of halogens is 8. The average Bonchev–Trinajstić information content (AvgIpc) is 3.20. The molecule has 0 aliphatic heterocycles. The Morgan fingerprint density at radius 3 is 2.19 bits per heavy atom. The first-order chi connectivity index (χ1) is 19.3. The van der Waals surface area contributed by atoms with E-state index in [2.05, 4.69) is 15.2 Å². The molecule has 0 radical (unpaired) electrons. The molecule has 0 spiro atoms. The van der Waals surface area contributed by atoms with Gasteiger partial charge in [0, 0.05) is 30.5 Å². The van der Waals surface area contributed by atoms with E-state index in [1.54, 1.807) is 6.92 Å². The summed E-state index contributed by atoms with van der Waals surface area (Å²) in [6.45, 7) is 0.0519. The number of nitrogens with one attached hydrogen (secondary N) is 1. The minimum absolute atomic E-state index is 0.0378. The Balaban J connectivity index is 1.88. The molecule has 0 atom stereocenters. The van der Waals surface area contributed by atoms with Crippen molar-refractivity contribution < 1.29 is 53.1 Å². The van der Waals surface area contributed by atoms with Crippen LogP contribution in [0, 0.1) is 18.8 Å². The lowest BCUT2D eigenvalue weighted by atomic mass is 9.89. The van der Waals surface area contributed by atoms with Crippen LogP contribution in [0.1, 0.15) is 54.2 Å². The summed E-state index contributed by atoms with van der Waals surface area (Å²) in [6, 6.07) is 2.72. The fraction of sp³-hybridized carbons (Fsp3) is 0.615. The van der Waals surface area contributed by atoms with Gasteiger partial charge in [0.05, 0.1) is 10.9 Å². The Kier molecular flexibility index (Phi) is 10.2. The van der Waals surface area contributed by atoms with E-state index in [4.69, 9.17) is 0 Å². The minimum atomic E-state index is -5.62. The lowest BCUT2D eigenvalue weighted by molar-refractivity contribution is -0.283. The van der Waals surface area contributed by atoms with Crippen molar-refractivity contribution in [1.82, 2.24) is 15.1 Å². The van der Waals surface area contributed by atoms with Crippen molar-refractivity contribution in [3.05, 3.63) is 35.0 Å². The number of rotatable bonds is 10. The maximum Gasteiger partial charge on any atom is 0.400 e. The number of hydrogen-bond donors (Lipinski definition) is 1. The fourth-order valence-corrected chi connectivity index (χ4v) is 6.29. The first-order valence-electron chi connectivity index (χ1n) is 13.1. The second-order valence-electron chi connectivity index (χ2n) is 10.4. The molecule has 0 bridgehead atoms. The molecule has 1 heterocycles. The van der Waals surface area contributed by atoms with E-state index in [0.717, 1.165) is 12.1 Å². The predicted octanol–water partition coefficient (Wildman–Crippen LogP) is 6.10. The highest BCUT2D eigenvalue weighted by Gasteiger charge is 2.56. The summed E-state index contributed by atoms with van der Waals surface area (Å²) in [6.07, 6.45) is -9.45. The van der Waals surface area contributed by atoms with Crippen molar-refractivity contribution in [2.24, 2.45) is 11.8 Å². The van der Waals surface area contributed by atoms with E-state index in [-0.39, 0.29) is 41.5 Å². The summed E-state index contributed by atoms with van der Waals surface area (Å²) < 4.78 is 134. The van der Waals surface area contributed by atoms with Gasteiger partial charge in [-0.05, 0) is 69.6 Å². The quantitative estimate of drug-likeness (QED) is 0.320. The van der Waals surface area contributed by atoms with Gasteiger partial charge in [0.1, 0.15) is 15.6 Å². The fourth-order valence-electron chi connectivity index (χ4n) is 5.16. The largest absolute Gasteiger partial charge is 0.434 e. The molecule has 1 amide bonds. The van der Waals surface area contributed by atoms with E-state index in [0.29, 0.717) is 31.7 Å². The molecule has 0 saturated heterocycles. The molecule has 1 N–H and O–H groups in total. The van der Waals surface area contributed by atoms with Gasteiger partial charge in [-0.15, -0.1) is 0 Å². The molecule has 42 heavy (non-hydrogen) atoms. The maximum atomic E-state index is 13.3. The van der Waals surface area contributed by atoms with E-state index in [9.17, 15) is 48.3 Å². The number of carbonyl (C=O) groups excluding carboxylic acids is 1. The number of aromatic nitrogens is 2. The van der Waals surface area contributed by atoms with Crippen LogP contribution in [-0.2, 0) is 22.8 Å². The molecular formula is C26H31F8N3O4S. The van der Waals surface area contributed by atoms with Crippen molar-refractivity contribution in [1.29, 1.82) is 0 Å². The van der Waals surface area contributed by atoms with Crippen molar-refractivity contribution in [2.45, 2.75) is 76.7 Å². The predicted molar refractivity (Wildman–Crippen MR) is 137 cm³/mol. The zero-order chi connectivity index (χ0) is 31.6. The number of alkyl halides is 8. The van der Waals surface area contributed by atoms with Gasteiger partial charge in [-0.1, -0.05) is 6.07 Å². The van der Waals surface area contributed by atoms with Crippen LogP contribution in [0.4, 0.5) is 35.1 Å². The summed E-state index contributed by atoms with van der Waals surface area (Å²) in [4.78, 5) is 13.0. The van der Waals surface area contributed by atoms with Crippen molar-refractivity contribution in [3.63, 3.8) is 0 Å². The molecule has 1 saturated carbocycles.